The summed E-state index contributed by atoms with van der Waals surface area (Å²) in [6.07, 6.45) is 2.73. The summed E-state index contributed by atoms with van der Waals surface area (Å²) in [5, 5.41) is 8.16. The monoisotopic (exact) mass is 589 g/mol. The molecule has 1 aromatic heterocycles. The molecular formula is C28H33ClFN5O4S. The highest BCUT2D eigenvalue weighted by molar-refractivity contribution is 7.88. The largest absolute Gasteiger partial charge is 0.379 e. The van der Waals surface area contributed by atoms with Crippen LogP contribution in [0, 0.1) is 5.82 Å². The molecule has 1 saturated heterocycles. The fourth-order valence-corrected chi connectivity index (χ4v) is 6.17. The average molecular weight is 590 g/mol. The maximum atomic E-state index is 13.2. The molecule has 1 amide bonds. The van der Waals surface area contributed by atoms with Gasteiger partial charge in [0.25, 0.3) is 0 Å². The number of carbonyl (C=O) groups is 1. The van der Waals surface area contributed by atoms with E-state index >= 15 is 0 Å². The van der Waals surface area contributed by atoms with Crippen molar-refractivity contribution in [1.82, 2.24) is 19.0 Å². The Morgan fingerprint density at radius 1 is 1.10 bits per heavy atom. The molecule has 0 spiro atoms. The molecule has 2 aliphatic rings. The number of aryl methyl sites for hydroxylation is 1. The quantitative estimate of drug-likeness (QED) is 0.410. The maximum absolute atomic E-state index is 13.2. The number of rotatable bonds is 9. The van der Waals surface area contributed by atoms with Crippen LogP contribution in [0.2, 0.25) is 5.02 Å². The summed E-state index contributed by atoms with van der Waals surface area (Å²) in [6, 6.07) is 11.0. The van der Waals surface area contributed by atoms with Gasteiger partial charge in [-0.25, -0.2) is 12.8 Å². The van der Waals surface area contributed by atoms with Gasteiger partial charge < -0.3 is 10.1 Å². The topological polar surface area (TPSA) is 96.8 Å². The number of morpholine rings is 1. The number of hydrogen-bond acceptors (Lipinski definition) is 6. The number of hydrogen-bond donors (Lipinski definition) is 1. The van der Waals surface area contributed by atoms with E-state index in [1.165, 1.54) is 34.8 Å². The minimum Gasteiger partial charge on any atom is -0.379 e. The van der Waals surface area contributed by atoms with Crippen LogP contribution in [0.1, 0.15) is 23.2 Å². The molecule has 0 atom stereocenters. The van der Waals surface area contributed by atoms with E-state index in [-0.39, 0.29) is 24.7 Å². The maximum Gasteiger partial charge on any atom is 0.228 e. The van der Waals surface area contributed by atoms with E-state index in [0.29, 0.717) is 34.9 Å². The SMILES string of the molecule is CS(=O)(=O)N1CCc2c(c(-c3ccc(Cl)c(CC(=O)Nc4ccc(F)cc4)c3)nn2CCCN2CCOCC2)C1. The van der Waals surface area contributed by atoms with Crippen molar-refractivity contribution in [3.8, 4) is 11.3 Å². The fourth-order valence-electron chi connectivity index (χ4n) is 5.20. The number of aromatic nitrogens is 2. The van der Waals surface area contributed by atoms with Gasteiger partial charge in [-0.2, -0.15) is 9.40 Å². The Bertz CT molecular complexity index is 1470. The molecule has 2 aliphatic heterocycles. The molecular weight excluding hydrogens is 557 g/mol. The molecule has 12 heteroatoms. The van der Waals surface area contributed by atoms with Crippen molar-refractivity contribution in [2.75, 3.05) is 51.0 Å². The number of nitrogens with zero attached hydrogens (tertiary/aromatic N) is 4. The van der Waals surface area contributed by atoms with Gasteiger partial charge in [0.2, 0.25) is 15.9 Å². The molecule has 1 fully saturated rings. The molecule has 214 valence electrons. The number of amides is 1. The van der Waals surface area contributed by atoms with Crippen LogP contribution in [0.15, 0.2) is 42.5 Å². The minimum absolute atomic E-state index is 0.0158. The number of ether oxygens (including phenoxy) is 1. The third-order valence-electron chi connectivity index (χ3n) is 7.31. The third kappa shape index (κ3) is 6.90. The van der Waals surface area contributed by atoms with Gasteiger partial charge in [-0.3, -0.25) is 14.4 Å². The first-order valence-electron chi connectivity index (χ1n) is 13.4. The van der Waals surface area contributed by atoms with Gasteiger partial charge in [-0.05, 0) is 48.4 Å². The van der Waals surface area contributed by atoms with Crippen molar-refractivity contribution in [3.63, 3.8) is 0 Å². The molecule has 9 nitrogen and oxygen atoms in total. The lowest BCUT2D eigenvalue weighted by atomic mass is 9.99. The van der Waals surface area contributed by atoms with Gasteiger partial charge in [0.05, 0.1) is 31.6 Å². The highest BCUT2D eigenvalue weighted by Gasteiger charge is 2.30. The van der Waals surface area contributed by atoms with Gasteiger partial charge in [-0.1, -0.05) is 17.7 Å². The van der Waals surface area contributed by atoms with Crippen LogP contribution in [0.3, 0.4) is 0 Å². The predicted octanol–water partition coefficient (Wildman–Crippen LogP) is 3.56. The summed E-state index contributed by atoms with van der Waals surface area (Å²) >= 11 is 6.47. The lowest BCUT2D eigenvalue weighted by Gasteiger charge is -2.27. The number of halogens is 2. The lowest BCUT2D eigenvalue weighted by molar-refractivity contribution is -0.115. The second-order valence-corrected chi connectivity index (χ2v) is 12.6. The second-order valence-electron chi connectivity index (χ2n) is 10.2. The molecule has 3 heterocycles. The van der Waals surface area contributed by atoms with E-state index < -0.39 is 10.0 Å². The Kier molecular flexibility index (Phi) is 8.86. The van der Waals surface area contributed by atoms with Crippen LogP contribution in [-0.2, 0) is 45.5 Å². The van der Waals surface area contributed by atoms with Crippen LogP contribution in [0.4, 0.5) is 10.1 Å². The Morgan fingerprint density at radius 3 is 2.58 bits per heavy atom. The van der Waals surface area contributed by atoms with Crippen molar-refractivity contribution >= 4 is 33.2 Å². The molecule has 0 saturated carbocycles. The molecule has 0 radical (unpaired) electrons. The van der Waals surface area contributed by atoms with Crippen LogP contribution in [-0.4, -0.2) is 79.0 Å². The van der Waals surface area contributed by atoms with E-state index in [1.807, 2.05) is 16.8 Å². The molecule has 5 rings (SSSR count). The van der Waals surface area contributed by atoms with Crippen LogP contribution in [0.25, 0.3) is 11.3 Å². The van der Waals surface area contributed by atoms with Crippen molar-refractivity contribution in [1.29, 1.82) is 0 Å². The van der Waals surface area contributed by atoms with E-state index in [9.17, 15) is 17.6 Å². The molecule has 40 heavy (non-hydrogen) atoms. The zero-order chi connectivity index (χ0) is 28.3. The molecule has 0 unspecified atom stereocenters. The van der Waals surface area contributed by atoms with Crippen LogP contribution >= 0.6 is 11.6 Å². The molecule has 3 aromatic rings. The smallest absolute Gasteiger partial charge is 0.228 e. The second kappa shape index (κ2) is 12.4. The fraction of sp³-hybridized carbons (Fsp3) is 0.429. The summed E-state index contributed by atoms with van der Waals surface area (Å²) in [7, 11) is -3.37. The summed E-state index contributed by atoms with van der Waals surface area (Å²) < 4.78 is 46.9. The number of anilines is 1. The highest BCUT2D eigenvalue weighted by atomic mass is 35.5. The van der Waals surface area contributed by atoms with Crippen LogP contribution in [0.5, 0.6) is 0 Å². The summed E-state index contributed by atoms with van der Waals surface area (Å²) in [6.45, 7) is 5.68. The van der Waals surface area contributed by atoms with Crippen molar-refractivity contribution < 1.29 is 22.3 Å². The first kappa shape index (κ1) is 28.7. The Labute approximate surface area is 238 Å². The van der Waals surface area contributed by atoms with Gasteiger partial charge in [0, 0.05) is 73.2 Å². The van der Waals surface area contributed by atoms with Gasteiger partial charge in [-0.15, -0.1) is 0 Å². The zero-order valence-corrected chi connectivity index (χ0v) is 24.0. The molecule has 1 N–H and O–H groups in total. The standard InChI is InChI=1S/C28H33ClFN5O4S/c1-40(37,38)34-12-9-26-24(19-34)28(32-35(26)11-2-10-33-13-15-39-16-14-33)20-3-8-25(29)21(17-20)18-27(36)31-23-6-4-22(30)5-7-23/h3-8,17H,2,9-16,18-19H2,1H3,(H,31,36). The zero-order valence-electron chi connectivity index (χ0n) is 22.4. The predicted molar refractivity (Wildman–Crippen MR) is 152 cm³/mol. The first-order valence-corrected chi connectivity index (χ1v) is 15.6. The van der Waals surface area contributed by atoms with Crippen molar-refractivity contribution in [3.05, 3.63) is 70.1 Å². The van der Waals surface area contributed by atoms with Gasteiger partial charge in [0.15, 0.2) is 0 Å². The van der Waals surface area contributed by atoms with E-state index in [1.54, 1.807) is 6.07 Å². The number of fused-ring (bicyclic) bond motifs is 1. The van der Waals surface area contributed by atoms with Crippen molar-refractivity contribution in [2.45, 2.75) is 32.4 Å². The Hall–Kier alpha value is -2.83. The molecule has 2 aromatic carbocycles. The Balaban J connectivity index is 1.39. The summed E-state index contributed by atoms with van der Waals surface area (Å²) in [4.78, 5) is 15.1. The molecule has 0 bridgehead atoms. The normalized spacial score (nSPS) is 16.6. The van der Waals surface area contributed by atoms with Crippen LogP contribution < -0.4 is 5.32 Å². The number of sulfonamides is 1. The van der Waals surface area contributed by atoms with Crippen molar-refractivity contribution in [2.24, 2.45) is 0 Å². The minimum atomic E-state index is -3.37. The number of benzene rings is 2. The first-order chi connectivity index (χ1) is 19.2. The van der Waals surface area contributed by atoms with E-state index in [2.05, 4.69) is 10.2 Å². The summed E-state index contributed by atoms with van der Waals surface area (Å²) in [5.74, 6) is -0.670. The summed E-state index contributed by atoms with van der Waals surface area (Å²) in [5.41, 5.74) is 4.50. The van der Waals surface area contributed by atoms with E-state index in [0.717, 1.165) is 62.6 Å². The van der Waals surface area contributed by atoms with Gasteiger partial charge >= 0.3 is 0 Å². The average Bonchev–Trinajstić information content (AvgIpc) is 3.29. The van der Waals surface area contributed by atoms with E-state index in [4.69, 9.17) is 21.4 Å². The molecule has 0 aliphatic carbocycles. The van der Waals surface area contributed by atoms with Gasteiger partial charge in [0.1, 0.15) is 5.82 Å². The Morgan fingerprint density at radius 2 is 1.85 bits per heavy atom. The third-order valence-corrected chi connectivity index (χ3v) is 8.93. The lowest BCUT2D eigenvalue weighted by Crippen LogP contribution is -2.37. The number of nitrogens with one attached hydrogen (secondary N) is 1. The highest BCUT2D eigenvalue weighted by Crippen LogP contribution is 2.33. The number of carbonyl (C=O) groups excluding carboxylic acids is 1.